The molecule has 1 heterocycles. The fourth-order valence-corrected chi connectivity index (χ4v) is 2.50. The highest BCUT2D eigenvalue weighted by Crippen LogP contribution is 2.31. The Labute approximate surface area is 77.0 Å². The van der Waals surface area contributed by atoms with Crippen LogP contribution in [0, 0.1) is 0 Å². The Morgan fingerprint density at radius 1 is 1.82 bits per heavy atom. The Balaban J connectivity index is 3.10. The molecule has 0 bridgehead atoms. The van der Waals surface area contributed by atoms with Crippen molar-refractivity contribution in [1.29, 1.82) is 0 Å². The first-order valence-corrected chi connectivity index (χ1v) is 4.67. The molecule has 11 heavy (non-hydrogen) atoms. The lowest BCUT2D eigenvalue weighted by Crippen LogP contribution is -2.21. The second kappa shape index (κ2) is 3.05. The van der Waals surface area contributed by atoms with Crippen molar-refractivity contribution in [2.45, 2.75) is 12.5 Å². The molecule has 1 aromatic rings. The van der Waals surface area contributed by atoms with Crippen LogP contribution in [0.4, 0.5) is 0 Å². The fourth-order valence-electron chi connectivity index (χ4n) is 0.708. The highest BCUT2D eigenvalue weighted by molar-refractivity contribution is 9.10. The Hall–Kier alpha value is -0.190. The molecule has 1 rings (SSSR count). The van der Waals surface area contributed by atoms with Crippen LogP contribution in [0.3, 0.4) is 0 Å². The Morgan fingerprint density at radius 2 is 2.45 bits per heavy atom. The van der Waals surface area contributed by atoms with E-state index in [1.54, 1.807) is 6.07 Å². The van der Waals surface area contributed by atoms with Crippen LogP contribution in [-0.4, -0.2) is 11.4 Å². The van der Waals surface area contributed by atoms with E-state index in [2.05, 4.69) is 15.9 Å². The van der Waals surface area contributed by atoms with Crippen LogP contribution in [0.15, 0.2) is 15.9 Å². The molecule has 0 spiro atoms. The smallest absolute Gasteiger partial charge is 0.156 e. The molecule has 1 atom stereocenters. The van der Waals surface area contributed by atoms with E-state index in [1.807, 2.05) is 5.38 Å². The number of rotatable bonds is 2. The van der Waals surface area contributed by atoms with Gasteiger partial charge >= 0.3 is 0 Å². The average molecular weight is 235 g/mol. The van der Waals surface area contributed by atoms with E-state index in [4.69, 9.17) is 0 Å². The molecule has 0 aromatic carbocycles. The third kappa shape index (κ3) is 1.69. The first kappa shape index (κ1) is 8.90. The summed E-state index contributed by atoms with van der Waals surface area (Å²) in [6.45, 7) is 1.47. The molecule has 4 heteroatoms. The number of halogens is 1. The summed E-state index contributed by atoms with van der Waals surface area (Å²) in [5.74, 6) is 0. The van der Waals surface area contributed by atoms with Crippen molar-refractivity contribution in [2.75, 3.05) is 0 Å². The Bertz CT molecular complexity index is 267. The first-order valence-electron chi connectivity index (χ1n) is 3.00. The maximum absolute atomic E-state index is 10.4. The van der Waals surface area contributed by atoms with Gasteiger partial charge < -0.3 is 5.11 Å². The fraction of sp³-hybridized carbons (Fsp3) is 0.286. The van der Waals surface area contributed by atoms with Crippen molar-refractivity contribution in [3.63, 3.8) is 0 Å². The maximum Gasteiger partial charge on any atom is 0.156 e. The zero-order valence-corrected chi connectivity index (χ0v) is 8.28. The van der Waals surface area contributed by atoms with Crippen molar-refractivity contribution in [3.8, 4) is 0 Å². The minimum Gasteiger partial charge on any atom is -0.377 e. The third-order valence-electron chi connectivity index (χ3n) is 1.31. The summed E-state index contributed by atoms with van der Waals surface area (Å²) >= 11 is 4.59. The van der Waals surface area contributed by atoms with E-state index in [9.17, 15) is 9.90 Å². The maximum atomic E-state index is 10.4. The predicted molar refractivity (Wildman–Crippen MR) is 47.7 cm³/mol. The molecule has 0 aliphatic heterocycles. The molecule has 1 aromatic heterocycles. The molecule has 0 saturated carbocycles. The van der Waals surface area contributed by atoms with E-state index in [1.165, 1.54) is 18.3 Å². The van der Waals surface area contributed by atoms with Gasteiger partial charge in [-0.15, -0.1) is 11.3 Å². The average Bonchev–Trinajstić information content (AvgIpc) is 2.36. The molecular weight excluding hydrogens is 228 g/mol. The van der Waals surface area contributed by atoms with Crippen LogP contribution < -0.4 is 0 Å². The number of thiophene rings is 1. The lowest BCUT2D eigenvalue weighted by Gasteiger charge is -2.13. The van der Waals surface area contributed by atoms with Gasteiger partial charge in [-0.05, 0) is 34.3 Å². The van der Waals surface area contributed by atoms with Crippen molar-refractivity contribution in [3.05, 3.63) is 20.8 Å². The molecular formula is C7H7BrO2S. The molecule has 1 N–H and O–H groups in total. The topological polar surface area (TPSA) is 37.3 Å². The second-order valence-electron chi connectivity index (χ2n) is 2.36. The summed E-state index contributed by atoms with van der Waals surface area (Å²) < 4.78 is 0.777. The Morgan fingerprint density at radius 3 is 2.82 bits per heavy atom. The van der Waals surface area contributed by atoms with E-state index in [0.29, 0.717) is 11.2 Å². The number of hydrogen-bond acceptors (Lipinski definition) is 3. The predicted octanol–water partition coefficient (Wildman–Crippen LogP) is 1.92. The van der Waals surface area contributed by atoms with Gasteiger partial charge in [-0.2, -0.15) is 0 Å². The molecule has 0 saturated heterocycles. The minimum absolute atomic E-state index is 0.531. The number of carbonyl (C=O) groups is 1. The van der Waals surface area contributed by atoms with E-state index >= 15 is 0 Å². The monoisotopic (exact) mass is 234 g/mol. The highest BCUT2D eigenvalue weighted by atomic mass is 79.9. The summed E-state index contributed by atoms with van der Waals surface area (Å²) in [6.07, 6.45) is 0.531. The van der Waals surface area contributed by atoms with Gasteiger partial charge in [0.15, 0.2) is 11.9 Å². The van der Waals surface area contributed by atoms with Gasteiger partial charge in [0.05, 0.1) is 4.88 Å². The van der Waals surface area contributed by atoms with Gasteiger partial charge in [0, 0.05) is 4.47 Å². The lowest BCUT2D eigenvalue weighted by molar-refractivity contribution is -0.122. The van der Waals surface area contributed by atoms with Crippen LogP contribution in [0.2, 0.25) is 0 Å². The van der Waals surface area contributed by atoms with E-state index in [0.717, 1.165) is 4.47 Å². The molecule has 0 amide bonds. The van der Waals surface area contributed by atoms with Crippen molar-refractivity contribution >= 4 is 33.6 Å². The van der Waals surface area contributed by atoms with Gasteiger partial charge in [0.2, 0.25) is 0 Å². The van der Waals surface area contributed by atoms with Gasteiger partial charge in [-0.1, -0.05) is 0 Å². The summed E-state index contributed by atoms with van der Waals surface area (Å²) in [4.78, 5) is 11.1. The van der Waals surface area contributed by atoms with E-state index in [-0.39, 0.29) is 0 Å². The summed E-state index contributed by atoms with van der Waals surface area (Å²) in [7, 11) is 0. The van der Waals surface area contributed by atoms with Gasteiger partial charge in [0.1, 0.15) is 0 Å². The molecule has 0 radical (unpaired) electrons. The van der Waals surface area contributed by atoms with Crippen LogP contribution in [-0.2, 0) is 10.4 Å². The largest absolute Gasteiger partial charge is 0.377 e. The van der Waals surface area contributed by atoms with Gasteiger partial charge in [-0.25, -0.2) is 0 Å². The minimum atomic E-state index is -1.35. The molecule has 0 aliphatic rings. The van der Waals surface area contributed by atoms with E-state index < -0.39 is 5.60 Å². The number of hydrogen-bond donors (Lipinski definition) is 1. The van der Waals surface area contributed by atoms with Gasteiger partial charge in [-0.3, -0.25) is 4.79 Å². The summed E-state index contributed by atoms with van der Waals surface area (Å²) in [6, 6.07) is 1.80. The zero-order chi connectivity index (χ0) is 8.48. The molecule has 2 nitrogen and oxygen atoms in total. The molecule has 1 unspecified atom stereocenters. The van der Waals surface area contributed by atoms with Crippen LogP contribution in [0.5, 0.6) is 0 Å². The zero-order valence-electron chi connectivity index (χ0n) is 5.87. The SMILES string of the molecule is CC(O)(C=O)c1sccc1Br. The Kier molecular flexibility index (Phi) is 2.47. The molecule has 0 fully saturated rings. The number of aliphatic hydroxyl groups is 1. The second-order valence-corrected chi connectivity index (χ2v) is 4.13. The summed E-state index contributed by atoms with van der Waals surface area (Å²) in [5, 5.41) is 11.3. The van der Waals surface area contributed by atoms with Crippen molar-refractivity contribution in [2.24, 2.45) is 0 Å². The third-order valence-corrected chi connectivity index (χ3v) is 3.37. The summed E-state index contributed by atoms with van der Waals surface area (Å²) in [5.41, 5.74) is -1.35. The standard InChI is InChI=1S/C7H7BrO2S/c1-7(10,4-9)6-5(8)2-3-11-6/h2-4,10H,1H3. The number of aldehydes is 1. The highest BCUT2D eigenvalue weighted by Gasteiger charge is 2.25. The number of carbonyl (C=O) groups excluding carboxylic acids is 1. The van der Waals surface area contributed by atoms with Gasteiger partial charge in [0.25, 0.3) is 0 Å². The van der Waals surface area contributed by atoms with Crippen molar-refractivity contribution < 1.29 is 9.90 Å². The van der Waals surface area contributed by atoms with Crippen LogP contribution in [0.1, 0.15) is 11.8 Å². The van der Waals surface area contributed by atoms with Crippen LogP contribution >= 0.6 is 27.3 Å². The molecule has 0 aliphatic carbocycles. The quantitative estimate of drug-likeness (QED) is 0.795. The normalized spacial score (nSPS) is 15.9. The van der Waals surface area contributed by atoms with Crippen molar-refractivity contribution in [1.82, 2.24) is 0 Å². The van der Waals surface area contributed by atoms with Crippen LogP contribution in [0.25, 0.3) is 0 Å². The molecule has 60 valence electrons. The lowest BCUT2D eigenvalue weighted by atomic mass is 10.1. The first-order chi connectivity index (χ1) is 5.08.